The predicted octanol–water partition coefficient (Wildman–Crippen LogP) is 5.00. The van der Waals surface area contributed by atoms with E-state index < -0.39 is 0 Å². The summed E-state index contributed by atoms with van der Waals surface area (Å²) in [5.41, 5.74) is 4.55. The summed E-state index contributed by atoms with van der Waals surface area (Å²) < 4.78 is 16.4. The van der Waals surface area contributed by atoms with Gasteiger partial charge in [0.15, 0.2) is 0 Å². The Morgan fingerprint density at radius 3 is 2.18 bits per heavy atom. The van der Waals surface area contributed by atoms with E-state index in [4.69, 9.17) is 11.6 Å². The van der Waals surface area contributed by atoms with Crippen molar-refractivity contribution >= 4 is 23.4 Å². The number of benzene rings is 2. The Balaban J connectivity index is 1.43. The molecule has 0 atom stereocenters. The van der Waals surface area contributed by atoms with Gasteiger partial charge in [0.2, 0.25) is 0 Å². The van der Waals surface area contributed by atoms with Gasteiger partial charge >= 0.3 is 0 Å². The second-order valence-electron chi connectivity index (χ2n) is 9.39. The van der Waals surface area contributed by atoms with Gasteiger partial charge < -0.3 is 14.4 Å². The van der Waals surface area contributed by atoms with Crippen LogP contribution in [0.25, 0.3) is 11.1 Å². The van der Waals surface area contributed by atoms with E-state index in [1.54, 1.807) is 46.3 Å². The number of piperazine rings is 1. The molecule has 4 aromatic rings. The van der Waals surface area contributed by atoms with Crippen LogP contribution < -0.4 is 0 Å². The van der Waals surface area contributed by atoms with Crippen LogP contribution in [0.4, 0.5) is 4.39 Å². The molecule has 7 nitrogen and oxygen atoms in total. The van der Waals surface area contributed by atoms with Crippen LogP contribution in [-0.2, 0) is 6.54 Å². The predicted molar refractivity (Wildman–Crippen MR) is 144 cm³/mol. The molecule has 0 spiro atoms. The summed E-state index contributed by atoms with van der Waals surface area (Å²) in [6.07, 6.45) is 4.93. The van der Waals surface area contributed by atoms with Gasteiger partial charge in [-0.2, -0.15) is 0 Å². The van der Waals surface area contributed by atoms with E-state index >= 15 is 0 Å². The number of halogens is 2. The summed E-state index contributed by atoms with van der Waals surface area (Å²) in [7, 11) is 0. The maximum Gasteiger partial charge on any atom is 0.274 e. The Hall–Kier alpha value is -4.04. The van der Waals surface area contributed by atoms with E-state index in [1.165, 1.54) is 12.3 Å². The van der Waals surface area contributed by atoms with Crippen molar-refractivity contribution in [1.29, 1.82) is 0 Å². The SMILES string of the molecule is Cc1cnc(C(=O)N2CCN(C(=O)c3c(-c4ccc(Cl)cc4)c(C)cn3Cc3ccccc3F)CC2)cn1. The quantitative estimate of drug-likeness (QED) is 0.363. The molecule has 9 heteroatoms. The average Bonchev–Trinajstić information content (AvgIpc) is 3.25. The lowest BCUT2D eigenvalue weighted by Gasteiger charge is -2.35. The number of hydrogen-bond donors (Lipinski definition) is 0. The molecule has 2 aromatic carbocycles. The molecule has 5 rings (SSSR count). The number of rotatable bonds is 5. The lowest BCUT2D eigenvalue weighted by atomic mass is 10.0. The Morgan fingerprint density at radius 2 is 1.55 bits per heavy atom. The molecule has 3 heterocycles. The maximum atomic E-state index is 14.5. The van der Waals surface area contributed by atoms with E-state index in [0.717, 1.165) is 22.4 Å². The molecule has 0 bridgehead atoms. The molecule has 0 unspecified atom stereocenters. The van der Waals surface area contributed by atoms with Gasteiger partial charge in [-0.3, -0.25) is 14.6 Å². The molecule has 0 saturated carbocycles. The van der Waals surface area contributed by atoms with Crippen molar-refractivity contribution in [1.82, 2.24) is 24.3 Å². The first-order chi connectivity index (χ1) is 18.3. The highest BCUT2D eigenvalue weighted by atomic mass is 35.5. The van der Waals surface area contributed by atoms with Crippen molar-refractivity contribution in [3.63, 3.8) is 0 Å². The zero-order valence-electron chi connectivity index (χ0n) is 21.2. The van der Waals surface area contributed by atoms with Crippen LogP contribution in [0, 0.1) is 19.7 Å². The number of carbonyl (C=O) groups is 2. The smallest absolute Gasteiger partial charge is 0.274 e. The number of nitrogens with zero attached hydrogens (tertiary/aromatic N) is 5. The number of amides is 2. The molecule has 1 aliphatic heterocycles. The van der Waals surface area contributed by atoms with Crippen LogP contribution >= 0.6 is 11.6 Å². The normalized spacial score (nSPS) is 13.6. The van der Waals surface area contributed by atoms with Crippen LogP contribution in [0.3, 0.4) is 0 Å². The molecule has 1 fully saturated rings. The topological polar surface area (TPSA) is 71.3 Å². The molecular formula is C29H27ClFN5O2. The number of aromatic nitrogens is 3. The molecule has 38 heavy (non-hydrogen) atoms. The largest absolute Gasteiger partial charge is 0.338 e. The Morgan fingerprint density at radius 1 is 0.895 bits per heavy atom. The molecule has 2 aromatic heterocycles. The fourth-order valence-electron chi connectivity index (χ4n) is 4.77. The van der Waals surface area contributed by atoms with Gasteiger partial charge in [0.05, 0.1) is 18.4 Å². The highest BCUT2D eigenvalue weighted by molar-refractivity contribution is 6.30. The zero-order chi connectivity index (χ0) is 26.8. The molecule has 1 aliphatic rings. The van der Waals surface area contributed by atoms with E-state index in [2.05, 4.69) is 9.97 Å². The van der Waals surface area contributed by atoms with Crippen molar-refractivity contribution in [2.75, 3.05) is 26.2 Å². The van der Waals surface area contributed by atoms with Gasteiger partial charge in [-0.25, -0.2) is 9.37 Å². The highest BCUT2D eigenvalue weighted by Crippen LogP contribution is 2.32. The van der Waals surface area contributed by atoms with E-state index in [0.29, 0.717) is 42.5 Å². The van der Waals surface area contributed by atoms with Crippen LogP contribution in [0.2, 0.25) is 5.02 Å². The molecular weight excluding hydrogens is 505 g/mol. The van der Waals surface area contributed by atoms with E-state index in [9.17, 15) is 14.0 Å². The molecule has 1 saturated heterocycles. The van der Waals surface area contributed by atoms with Crippen LogP contribution in [-0.4, -0.2) is 62.3 Å². The van der Waals surface area contributed by atoms with Crippen molar-refractivity contribution in [2.24, 2.45) is 0 Å². The minimum Gasteiger partial charge on any atom is -0.338 e. The van der Waals surface area contributed by atoms with Crippen LogP contribution in [0.5, 0.6) is 0 Å². The average molecular weight is 532 g/mol. The minimum atomic E-state index is -0.323. The zero-order valence-corrected chi connectivity index (χ0v) is 22.0. The highest BCUT2D eigenvalue weighted by Gasteiger charge is 2.30. The number of hydrogen-bond acceptors (Lipinski definition) is 4. The second-order valence-corrected chi connectivity index (χ2v) is 9.83. The van der Waals surface area contributed by atoms with Gasteiger partial charge in [0, 0.05) is 54.7 Å². The summed E-state index contributed by atoms with van der Waals surface area (Å²) in [4.78, 5) is 38.7. The van der Waals surface area contributed by atoms with Crippen molar-refractivity contribution in [3.8, 4) is 11.1 Å². The van der Waals surface area contributed by atoms with Gasteiger partial charge in [-0.1, -0.05) is 41.9 Å². The first-order valence-corrected chi connectivity index (χ1v) is 12.8. The van der Waals surface area contributed by atoms with Crippen LogP contribution in [0.1, 0.15) is 37.8 Å². The van der Waals surface area contributed by atoms with E-state index in [1.807, 2.05) is 36.7 Å². The van der Waals surface area contributed by atoms with Crippen molar-refractivity contribution in [3.05, 3.63) is 106 Å². The Bertz CT molecular complexity index is 1480. The number of aryl methyl sites for hydroxylation is 2. The summed E-state index contributed by atoms with van der Waals surface area (Å²) in [6.45, 7) is 5.46. The molecule has 0 N–H and O–H groups in total. The monoisotopic (exact) mass is 531 g/mol. The fraction of sp³-hybridized carbons (Fsp3) is 0.241. The molecule has 194 valence electrons. The van der Waals surface area contributed by atoms with Gasteiger partial charge in [-0.05, 0) is 43.2 Å². The summed E-state index contributed by atoms with van der Waals surface area (Å²) in [5, 5.41) is 0.601. The lowest BCUT2D eigenvalue weighted by molar-refractivity contribution is 0.0527. The first kappa shape index (κ1) is 25.6. The molecule has 2 amide bonds. The first-order valence-electron chi connectivity index (χ1n) is 12.4. The summed E-state index contributed by atoms with van der Waals surface area (Å²) in [6, 6.07) is 13.9. The third-order valence-corrected chi connectivity index (χ3v) is 7.01. The van der Waals surface area contributed by atoms with Crippen LogP contribution in [0.15, 0.2) is 67.1 Å². The Kier molecular flexibility index (Phi) is 7.24. The molecule has 0 aliphatic carbocycles. The fourth-order valence-corrected chi connectivity index (χ4v) is 4.89. The minimum absolute atomic E-state index is 0.165. The van der Waals surface area contributed by atoms with Gasteiger partial charge in [0.25, 0.3) is 11.8 Å². The maximum absolute atomic E-state index is 14.5. The van der Waals surface area contributed by atoms with Crippen molar-refractivity contribution in [2.45, 2.75) is 20.4 Å². The third kappa shape index (κ3) is 5.17. The third-order valence-electron chi connectivity index (χ3n) is 6.76. The Labute approximate surface area is 225 Å². The summed E-state index contributed by atoms with van der Waals surface area (Å²) in [5.74, 6) is -0.691. The van der Waals surface area contributed by atoms with Gasteiger partial charge in [-0.15, -0.1) is 0 Å². The standard InChI is InChI=1S/C29H27ClFN5O2/c1-19-17-36(18-22-5-3-4-6-24(22)31)27(26(19)21-7-9-23(30)10-8-21)29(38)35-13-11-34(12-14-35)28(37)25-16-32-20(2)15-33-25/h3-10,15-17H,11-14,18H2,1-2H3. The molecule has 0 radical (unpaired) electrons. The van der Waals surface area contributed by atoms with E-state index in [-0.39, 0.29) is 29.9 Å². The summed E-state index contributed by atoms with van der Waals surface area (Å²) >= 11 is 6.12. The second kappa shape index (κ2) is 10.8. The van der Waals surface area contributed by atoms with Gasteiger partial charge in [0.1, 0.15) is 17.2 Å². The van der Waals surface area contributed by atoms with Crippen molar-refractivity contribution < 1.29 is 14.0 Å². The number of carbonyl (C=O) groups excluding carboxylic acids is 2. The lowest BCUT2D eigenvalue weighted by Crippen LogP contribution is -2.51.